The summed E-state index contributed by atoms with van der Waals surface area (Å²) in [6, 6.07) is 9.32. The summed E-state index contributed by atoms with van der Waals surface area (Å²) in [6.07, 6.45) is 0.780. The van der Waals surface area contributed by atoms with Crippen molar-refractivity contribution in [2.45, 2.75) is 44.0 Å². The highest BCUT2D eigenvalue weighted by molar-refractivity contribution is 7.93. The van der Waals surface area contributed by atoms with Gasteiger partial charge in [-0.2, -0.15) is 0 Å². The largest absolute Gasteiger partial charge is 0.497 e. The van der Waals surface area contributed by atoms with E-state index in [4.69, 9.17) is 4.74 Å². The van der Waals surface area contributed by atoms with Crippen molar-refractivity contribution in [2.75, 3.05) is 11.4 Å². The molecule has 5 rings (SSSR count). The Kier molecular flexibility index (Phi) is 3.70. The SMILES string of the molecule is C=C1C2CC1N(S(=O)(=O)c1c(C)cc(C)cc1C)c1ccc(OC)cc12. The zero-order chi connectivity index (χ0) is 18.8. The summed E-state index contributed by atoms with van der Waals surface area (Å²) in [5.41, 5.74) is 5.34. The summed E-state index contributed by atoms with van der Waals surface area (Å²) in [4.78, 5) is 0.406. The maximum absolute atomic E-state index is 13.7. The molecular formula is C21H23NO3S. The summed E-state index contributed by atoms with van der Waals surface area (Å²) in [5.74, 6) is 0.957. The van der Waals surface area contributed by atoms with Crippen LogP contribution in [0.4, 0.5) is 5.69 Å². The topological polar surface area (TPSA) is 46.6 Å². The van der Waals surface area contributed by atoms with Gasteiger partial charge < -0.3 is 4.74 Å². The molecule has 0 saturated heterocycles. The number of ether oxygens (including phenoxy) is 1. The Balaban J connectivity index is 1.93. The fourth-order valence-corrected chi connectivity index (χ4v) is 6.56. The van der Waals surface area contributed by atoms with Crippen LogP contribution in [0.3, 0.4) is 0 Å². The first-order chi connectivity index (χ1) is 12.3. The molecule has 26 heavy (non-hydrogen) atoms. The molecule has 5 heteroatoms. The van der Waals surface area contributed by atoms with Gasteiger partial charge in [-0.25, -0.2) is 8.42 Å². The van der Waals surface area contributed by atoms with Crippen molar-refractivity contribution in [2.24, 2.45) is 0 Å². The smallest absolute Gasteiger partial charge is 0.265 e. The zero-order valence-electron chi connectivity index (χ0n) is 15.5. The average molecular weight is 369 g/mol. The molecule has 2 bridgehead atoms. The van der Waals surface area contributed by atoms with Crippen LogP contribution in [0.2, 0.25) is 0 Å². The van der Waals surface area contributed by atoms with Gasteiger partial charge in [0.2, 0.25) is 0 Å². The number of aryl methyl sites for hydroxylation is 3. The molecule has 3 aliphatic rings. The Labute approximate surface area is 155 Å². The Morgan fingerprint density at radius 2 is 1.77 bits per heavy atom. The van der Waals surface area contributed by atoms with Gasteiger partial charge in [-0.1, -0.05) is 24.3 Å². The molecule has 0 amide bonds. The first-order valence-electron chi connectivity index (χ1n) is 8.74. The van der Waals surface area contributed by atoms with Crippen molar-refractivity contribution in [3.63, 3.8) is 0 Å². The first kappa shape index (κ1) is 17.2. The molecule has 2 aromatic carbocycles. The summed E-state index contributed by atoms with van der Waals surface area (Å²) in [6.45, 7) is 9.88. The van der Waals surface area contributed by atoms with Crippen molar-refractivity contribution in [1.29, 1.82) is 0 Å². The minimum atomic E-state index is -3.69. The average Bonchev–Trinajstić information content (AvgIpc) is 2.58. The predicted octanol–water partition coefficient (Wildman–Crippen LogP) is 4.24. The molecule has 136 valence electrons. The second-order valence-corrected chi connectivity index (χ2v) is 9.08. The highest BCUT2D eigenvalue weighted by Crippen LogP contribution is 2.55. The standard InChI is InChI=1S/C21H23NO3S/c1-12-8-13(2)21(14(3)9-12)26(23,24)22-19-7-6-16(25-5)10-18(19)17-11-20(22)15(17)4/h6-10,17,20H,4,11H2,1-3,5H3. The van der Waals surface area contributed by atoms with Crippen LogP contribution >= 0.6 is 0 Å². The van der Waals surface area contributed by atoms with E-state index in [-0.39, 0.29) is 12.0 Å². The Morgan fingerprint density at radius 1 is 1.12 bits per heavy atom. The Bertz CT molecular complexity index is 1020. The highest BCUT2D eigenvalue weighted by Gasteiger charge is 2.50. The van der Waals surface area contributed by atoms with Crippen LogP contribution in [-0.2, 0) is 10.0 Å². The number of anilines is 1. The maximum atomic E-state index is 13.7. The van der Waals surface area contributed by atoms with Crippen molar-refractivity contribution in [3.8, 4) is 5.75 Å². The molecule has 0 radical (unpaired) electrons. The van der Waals surface area contributed by atoms with Crippen molar-refractivity contribution in [1.82, 2.24) is 0 Å². The van der Waals surface area contributed by atoms with Crippen LogP contribution in [0.5, 0.6) is 5.75 Å². The van der Waals surface area contributed by atoms with E-state index in [0.717, 1.165) is 45.7 Å². The second kappa shape index (κ2) is 5.61. The van der Waals surface area contributed by atoms with E-state index in [0.29, 0.717) is 4.90 Å². The van der Waals surface area contributed by atoms with Gasteiger partial charge in [-0.3, -0.25) is 4.31 Å². The summed E-state index contributed by atoms with van der Waals surface area (Å²) < 4.78 is 34.3. The van der Waals surface area contributed by atoms with E-state index in [1.165, 1.54) is 0 Å². The number of nitrogens with zero attached hydrogens (tertiary/aromatic N) is 1. The molecule has 0 spiro atoms. The quantitative estimate of drug-likeness (QED) is 0.760. The number of hydrogen-bond acceptors (Lipinski definition) is 3. The number of methoxy groups -OCH3 is 1. The molecule has 2 heterocycles. The molecule has 4 nitrogen and oxygen atoms in total. The number of rotatable bonds is 3. The third kappa shape index (κ3) is 2.23. The van der Waals surface area contributed by atoms with E-state index < -0.39 is 10.0 Å². The third-order valence-electron chi connectivity index (χ3n) is 5.59. The summed E-state index contributed by atoms with van der Waals surface area (Å²) >= 11 is 0. The van der Waals surface area contributed by atoms with Crippen LogP contribution in [-0.4, -0.2) is 21.6 Å². The lowest BCUT2D eigenvalue weighted by Gasteiger charge is -2.51. The van der Waals surface area contributed by atoms with Crippen molar-refractivity contribution < 1.29 is 13.2 Å². The minimum absolute atomic E-state index is 0.161. The molecule has 2 aromatic rings. The third-order valence-corrected chi connectivity index (χ3v) is 7.72. The lowest BCUT2D eigenvalue weighted by molar-refractivity contribution is 0.409. The molecule has 2 unspecified atom stereocenters. The van der Waals surface area contributed by atoms with E-state index >= 15 is 0 Å². The van der Waals surface area contributed by atoms with E-state index in [1.54, 1.807) is 11.4 Å². The van der Waals surface area contributed by atoms with Gasteiger partial charge in [0.15, 0.2) is 0 Å². The Hall–Kier alpha value is -2.27. The molecule has 2 aliphatic heterocycles. The normalized spacial score (nSPS) is 21.2. The van der Waals surface area contributed by atoms with Crippen LogP contribution in [0.25, 0.3) is 0 Å². The molecule has 2 atom stereocenters. The fraction of sp³-hybridized carbons (Fsp3) is 0.333. The fourth-order valence-electron chi connectivity index (χ4n) is 4.45. The van der Waals surface area contributed by atoms with Gasteiger partial charge in [0, 0.05) is 5.92 Å². The van der Waals surface area contributed by atoms with Crippen LogP contribution in [0.15, 0.2) is 47.4 Å². The molecule has 1 aliphatic carbocycles. The Morgan fingerprint density at radius 3 is 2.35 bits per heavy atom. The van der Waals surface area contributed by atoms with Gasteiger partial charge >= 0.3 is 0 Å². The number of benzene rings is 2. The first-order valence-corrected chi connectivity index (χ1v) is 10.2. The second-order valence-electron chi connectivity index (χ2n) is 7.33. The monoisotopic (exact) mass is 369 g/mol. The van der Waals surface area contributed by atoms with Gasteiger partial charge in [0.1, 0.15) is 5.75 Å². The van der Waals surface area contributed by atoms with E-state index in [2.05, 4.69) is 6.58 Å². The van der Waals surface area contributed by atoms with Gasteiger partial charge in [0.05, 0.1) is 23.7 Å². The van der Waals surface area contributed by atoms with Crippen LogP contribution in [0, 0.1) is 20.8 Å². The van der Waals surface area contributed by atoms with E-state index in [1.807, 2.05) is 51.1 Å². The molecule has 1 saturated carbocycles. The van der Waals surface area contributed by atoms with Gasteiger partial charge in [-0.15, -0.1) is 0 Å². The molecule has 0 aromatic heterocycles. The van der Waals surface area contributed by atoms with Crippen molar-refractivity contribution in [3.05, 3.63) is 64.7 Å². The maximum Gasteiger partial charge on any atom is 0.265 e. The lowest BCUT2D eigenvalue weighted by atomic mass is 9.68. The minimum Gasteiger partial charge on any atom is -0.497 e. The van der Waals surface area contributed by atoms with Crippen LogP contribution in [0.1, 0.15) is 34.6 Å². The summed E-state index contributed by atoms with van der Waals surface area (Å²) in [7, 11) is -2.06. The molecular weight excluding hydrogens is 346 g/mol. The van der Waals surface area contributed by atoms with Gasteiger partial charge in [0.25, 0.3) is 10.0 Å². The molecule has 1 fully saturated rings. The van der Waals surface area contributed by atoms with Crippen molar-refractivity contribution >= 4 is 15.7 Å². The van der Waals surface area contributed by atoms with Gasteiger partial charge in [-0.05, 0) is 67.7 Å². The number of sulfonamides is 1. The van der Waals surface area contributed by atoms with Crippen LogP contribution < -0.4 is 9.04 Å². The lowest BCUT2D eigenvalue weighted by Crippen LogP contribution is -2.53. The summed E-state index contributed by atoms with van der Waals surface area (Å²) in [5, 5.41) is 0. The predicted molar refractivity (Wildman–Crippen MR) is 104 cm³/mol. The zero-order valence-corrected chi connectivity index (χ0v) is 16.4. The van der Waals surface area contributed by atoms with E-state index in [9.17, 15) is 8.42 Å². The molecule has 0 N–H and O–H groups in total. The number of hydrogen-bond donors (Lipinski definition) is 0. The highest BCUT2D eigenvalue weighted by atomic mass is 32.2.